The molecule has 2 N–H and O–H groups in total. The fourth-order valence-electron chi connectivity index (χ4n) is 5.11. The molecule has 4 rings (SSSR count). The average molecular weight is 540 g/mol. The smallest absolute Gasteiger partial charge is 0.245 e. The summed E-state index contributed by atoms with van der Waals surface area (Å²) in [5, 5.41) is 11.8. The number of nitrogens with one attached hydrogen (secondary N) is 2. The number of benzene rings is 3. The van der Waals surface area contributed by atoms with E-state index in [4.69, 9.17) is 15.7 Å². The molecule has 0 aliphatic carbocycles. The Hall–Kier alpha value is -3.83. The van der Waals surface area contributed by atoms with Gasteiger partial charge in [0.1, 0.15) is 0 Å². The molecule has 3 aromatic carbocycles. The summed E-state index contributed by atoms with van der Waals surface area (Å²) in [5.74, 6) is 0.00247. The second-order valence-corrected chi connectivity index (χ2v) is 10.5. The van der Waals surface area contributed by atoms with E-state index in [9.17, 15) is 4.79 Å². The molecule has 1 heterocycles. The highest BCUT2D eigenvalue weighted by molar-refractivity contribution is 6.35. The summed E-state index contributed by atoms with van der Waals surface area (Å²) in [5.41, 5.74) is 9.05. The van der Waals surface area contributed by atoms with Crippen molar-refractivity contribution in [3.05, 3.63) is 113 Å². The number of likely N-dealkylation sites (N-methyl/N-ethyl adjacent to an activating group) is 1. The lowest BCUT2D eigenvalue weighted by Crippen LogP contribution is -2.20. The lowest BCUT2D eigenvalue weighted by Gasteiger charge is -2.20. The Bertz CT molecular complexity index is 1500. The van der Waals surface area contributed by atoms with Gasteiger partial charge < -0.3 is 10.2 Å². The minimum absolute atomic E-state index is 0.00247. The topological polar surface area (TPSA) is 61.0 Å². The summed E-state index contributed by atoms with van der Waals surface area (Å²) in [6, 6.07) is 23.9. The predicted molar refractivity (Wildman–Crippen MR) is 173 cm³/mol. The fourth-order valence-corrected chi connectivity index (χ4v) is 5.11. The highest BCUT2D eigenvalue weighted by Gasteiger charge is 2.17. The molecule has 0 spiro atoms. The van der Waals surface area contributed by atoms with E-state index in [-0.39, 0.29) is 5.91 Å². The lowest BCUT2D eigenvalue weighted by atomic mass is 9.67. The van der Waals surface area contributed by atoms with Gasteiger partial charge in [0.05, 0.1) is 27.4 Å². The number of carbonyl (C=O) groups excluding carboxylic acids is 1. The van der Waals surface area contributed by atoms with Crippen molar-refractivity contribution in [2.24, 2.45) is 0 Å². The van der Waals surface area contributed by atoms with Crippen molar-refractivity contribution in [1.29, 1.82) is 0 Å². The number of amides is 1. The van der Waals surface area contributed by atoms with Crippen LogP contribution in [0.4, 0.5) is 0 Å². The number of aryl methyl sites for hydroxylation is 1. The number of fused-ring (bicyclic) bond motifs is 1. The summed E-state index contributed by atoms with van der Waals surface area (Å²) in [6.07, 6.45) is 8.81. The summed E-state index contributed by atoms with van der Waals surface area (Å²) >= 11 is 0. The van der Waals surface area contributed by atoms with E-state index in [0.29, 0.717) is 13.0 Å². The molecular weight excluding hydrogens is 502 g/mol. The zero-order chi connectivity index (χ0) is 29.2. The molecule has 0 aliphatic rings. The van der Waals surface area contributed by atoms with Crippen LogP contribution < -0.4 is 5.32 Å². The van der Waals surface area contributed by atoms with Crippen molar-refractivity contribution in [3.63, 3.8) is 0 Å². The highest BCUT2D eigenvalue weighted by Crippen LogP contribution is 2.37. The quantitative estimate of drug-likeness (QED) is 0.0987. The number of H-pyrrole nitrogens is 1. The number of aromatic amines is 1. The van der Waals surface area contributed by atoms with Crippen molar-refractivity contribution in [1.82, 2.24) is 20.4 Å². The van der Waals surface area contributed by atoms with Crippen LogP contribution in [0.5, 0.6) is 0 Å². The second kappa shape index (κ2) is 14.7. The fraction of sp³-hybridized carbons (Fsp3) is 0.294. The molecule has 0 saturated heterocycles. The van der Waals surface area contributed by atoms with E-state index >= 15 is 0 Å². The SMILES string of the molecule is [B]C([B])Cc1ccccc1/C(CC)=C(\c1ccc(CCCNC/C=C/C(=O)N(C)C)cc1)c1ccc2[nH]ncc2c1. The van der Waals surface area contributed by atoms with Gasteiger partial charge in [-0.05, 0) is 83.3 Å². The molecule has 5 nitrogen and oxygen atoms in total. The first kappa shape index (κ1) is 30.1. The van der Waals surface area contributed by atoms with Gasteiger partial charge in [0, 0.05) is 32.1 Å². The molecule has 0 saturated carbocycles. The highest BCUT2D eigenvalue weighted by atomic mass is 16.2. The molecule has 7 heteroatoms. The lowest BCUT2D eigenvalue weighted by molar-refractivity contribution is -0.123. The van der Waals surface area contributed by atoms with Crippen LogP contribution in [-0.4, -0.2) is 63.9 Å². The van der Waals surface area contributed by atoms with Crippen molar-refractivity contribution < 1.29 is 4.79 Å². The third-order valence-electron chi connectivity index (χ3n) is 7.21. The van der Waals surface area contributed by atoms with Crippen molar-refractivity contribution in [2.45, 2.75) is 38.3 Å². The first-order valence-electron chi connectivity index (χ1n) is 14.3. The third kappa shape index (κ3) is 8.11. The van der Waals surface area contributed by atoms with Crippen LogP contribution in [-0.2, 0) is 17.6 Å². The molecule has 206 valence electrons. The molecule has 0 unspecified atom stereocenters. The van der Waals surface area contributed by atoms with Gasteiger partial charge in [-0.1, -0.05) is 67.6 Å². The molecule has 0 bridgehead atoms. The summed E-state index contributed by atoms with van der Waals surface area (Å²) < 4.78 is 0. The second-order valence-electron chi connectivity index (χ2n) is 10.5. The van der Waals surface area contributed by atoms with Gasteiger partial charge in [-0.3, -0.25) is 9.89 Å². The number of allylic oxidation sites excluding steroid dienone is 1. The van der Waals surface area contributed by atoms with Crippen LogP contribution in [0.3, 0.4) is 0 Å². The molecule has 4 aromatic rings. The largest absolute Gasteiger partial charge is 0.345 e. The molecule has 0 fully saturated rings. The normalized spacial score (nSPS) is 12.3. The first-order chi connectivity index (χ1) is 19.9. The van der Waals surface area contributed by atoms with E-state index in [1.807, 2.05) is 12.3 Å². The van der Waals surface area contributed by atoms with Gasteiger partial charge in [0.2, 0.25) is 5.91 Å². The maximum atomic E-state index is 11.6. The molecule has 41 heavy (non-hydrogen) atoms. The van der Waals surface area contributed by atoms with E-state index < -0.39 is 5.72 Å². The van der Waals surface area contributed by atoms with Crippen LogP contribution in [0.15, 0.2) is 85.1 Å². The summed E-state index contributed by atoms with van der Waals surface area (Å²) in [6.45, 7) is 3.78. The first-order valence-corrected chi connectivity index (χ1v) is 14.3. The van der Waals surface area contributed by atoms with Gasteiger partial charge in [0.25, 0.3) is 0 Å². The predicted octanol–water partition coefficient (Wildman–Crippen LogP) is 5.72. The molecule has 4 radical (unpaired) electrons. The minimum atomic E-state index is -0.412. The van der Waals surface area contributed by atoms with Crippen LogP contribution in [0.2, 0.25) is 5.72 Å². The Balaban J connectivity index is 1.59. The molecular formula is C34H38B2N4O. The van der Waals surface area contributed by atoms with E-state index in [1.165, 1.54) is 27.8 Å². The van der Waals surface area contributed by atoms with Crippen LogP contribution >= 0.6 is 0 Å². The molecule has 0 aliphatic heterocycles. The van der Waals surface area contributed by atoms with Gasteiger partial charge in [-0.25, -0.2) is 0 Å². The number of nitrogens with zero attached hydrogens (tertiary/aromatic N) is 2. The zero-order valence-corrected chi connectivity index (χ0v) is 24.4. The van der Waals surface area contributed by atoms with Crippen LogP contribution in [0.1, 0.15) is 47.6 Å². The number of carbonyl (C=O) groups is 1. The Morgan fingerprint density at radius 2 is 1.80 bits per heavy atom. The molecule has 1 aromatic heterocycles. The number of rotatable bonds is 13. The van der Waals surface area contributed by atoms with Crippen LogP contribution in [0.25, 0.3) is 22.0 Å². The van der Waals surface area contributed by atoms with Crippen LogP contribution in [0, 0.1) is 0 Å². The van der Waals surface area contributed by atoms with E-state index in [2.05, 4.69) is 89.2 Å². The van der Waals surface area contributed by atoms with Gasteiger partial charge in [0.15, 0.2) is 0 Å². The van der Waals surface area contributed by atoms with Gasteiger partial charge >= 0.3 is 0 Å². The summed E-state index contributed by atoms with van der Waals surface area (Å²) in [7, 11) is 15.6. The standard InChI is InChI=1S/C34H38B2N4O/c1-4-29(30-11-6-5-10-26(30)22-32(35)36)34(27-17-18-31-28(21-27)23-38-39-31)25-15-13-24(14-16-25)9-7-19-37-20-8-12-33(41)40(2)3/h5-6,8,10-18,21,23,32,37H,4,7,9,19-20,22H2,1-3H3,(H,38,39)/b12-8+,34-29+. The molecule has 1 amide bonds. The van der Waals surface area contributed by atoms with Gasteiger partial charge in [-0.2, -0.15) is 5.10 Å². The number of aromatic nitrogens is 2. The maximum absolute atomic E-state index is 11.6. The maximum Gasteiger partial charge on any atom is 0.245 e. The Morgan fingerprint density at radius 1 is 1.05 bits per heavy atom. The number of hydrogen-bond donors (Lipinski definition) is 2. The monoisotopic (exact) mass is 540 g/mol. The van der Waals surface area contributed by atoms with E-state index in [1.54, 1.807) is 25.1 Å². The number of hydrogen-bond acceptors (Lipinski definition) is 3. The zero-order valence-electron chi connectivity index (χ0n) is 24.4. The summed E-state index contributed by atoms with van der Waals surface area (Å²) in [4.78, 5) is 13.2. The van der Waals surface area contributed by atoms with Gasteiger partial charge in [-0.15, -0.1) is 5.72 Å². The minimum Gasteiger partial charge on any atom is -0.345 e. The van der Waals surface area contributed by atoms with E-state index in [0.717, 1.165) is 47.8 Å². The Morgan fingerprint density at radius 3 is 2.54 bits per heavy atom. The van der Waals surface area contributed by atoms with Crippen molar-refractivity contribution >= 4 is 43.6 Å². The third-order valence-corrected chi connectivity index (χ3v) is 7.21. The molecule has 0 atom stereocenters. The Labute approximate surface area is 246 Å². The van der Waals surface area contributed by atoms with Crippen molar-refractivity contribution in [2.75, 3.05) is 27.2 Å². The average Bonchev–Trinajstić information content (AvgIpc) is 3.44. The van der Waals surface area contributed by atoms with Crippen molar-refractivity contribution in [3.8, 4) is 0 Å². The Kier molecular flexibility index (Phi) is 10.8.